The Hall–Kier alpha value is -0.730. The highest BCUT2D eigenvalue weighted by molar-refractivity contribution is 6.18. The van der Waals surface area contributed by atoms with Gasteiger partial charge in [0.15, 0.2) is 5.75 Å². The molecule has 3 heteroatoms. The van der Waals surface area contributed by atoms with Gasteiger partial charge in [-0.2, -0.15) is 4.89 Å². The average molecular weight is 171 g/mol. The Labute approximate surface area is 69.6 Å². The Kier molecular flexibility index (Phi) is 1.72. The molecule has 0 amide bonds. The van der Waals surface area contributed by atoms with Gasteiger partial charge in [-0.15, -0.1) is 11.6 Å². The summed E-state index contributed by atoms with van der Waals surface area (Å²) in [4.78, 5) is 9.86. The molecular weight excluding hydrogens is 164 g/mol. The van der Waals surface area contributed by atoms with Gasteiger partial charge in [0.2, 0.25) is 0 Å². The lowest BCUT2D eigenvalue weighted by molar-refractivity contribution is -0.217. The zero-order valence-electron chi connectivity index (χ0n) is 5.79. The summed E-state index contributed by atoms with van der Waals surface area (Å²) in [6.07, 6.45) is -0.104. The third kappa shape index (κ3) is 1.08. The molecule has 0 radical (unpaired) electrons. The zero-order valence-corrected chi connectivity index (χ0v) is 6.54. The summed E-state index contributed by atoms with van der Waals surface area (Å²) in [7, 11) is 0. The van der Waals surface area contributed by atoms with Gasteiger partial charge in [-0.05, 0) is 6.07 Å². The third-order valence-corrected chi connectivity index (χ3v) is 1.94. The van der Waals surface area contributed by atoms with Gasteiger partial charge >= 0.3 is 0 Å². The van der Waals surface area contributed by atoms with E-state index in [0.717, 1.165) is 11.3 Å². The SMILES string of the molecule is ClCC1OOc2ccccc21. The van der Waals surface area contributed by atoms with Crippen LogP contribution in [0.5, 0.6) is 5.75 Å². The van der Waals surface area contributed by atoms with Gasteiger partial charge in [-0.25, -0.2) is 0 Å². The first-order valence-corrected chi connectivity index (χ1v) is 3.93. The fourth-order valence-corrected chi connectivity index (χ4v) is 1.31. The van der Waals surface area contributed by atoms with E-state index in [4.69, 9.17) is 21.4 Å². The van der Waals surface area contributed by atoms with Gasteiger partial charge in [0.05, 0.1) is 5.88 Å². The van der Waals surface area contributed by atoms with E-state index in [1.54, 1.807) is 0 Å². The molecule has 0 bridgehead atoms. The largest absolute Gasteiger partial charge is 0.336 e. The molecule has 0 aromatic heterocycles. The maximum atomic E-state index is 5.63. The summed E-state index contributed by atoms with van der Waals surface area (Å²) in [5.74, 6) is 1.20. The van der Waals surface area contributed by atoms with Gasteiger partial charge in [0.25, 0.3) is 0 Å². The number of hydrogen-bond donors (Lipinski definition) is 0. The van der Waals surface area contributed by atoms with E-state index in [2.05, 4.69) is 0 Å². The second-order valence-corrected chi connectivity index (χ2v) is 2.67. The van der Waals surface area contributed by atoms with E-state index >= 15 is 0 Å². The smallest absolute Gasteiger partial charge is 0.171 e. The van der Waals surface area contributed by atoms with Crippen molar-refractivity contribution in [1.82, 2.24) is 0 Å². The predicted molar refractivity (Wildman–Crippen MR) is 41.6 cm³/mol. The molecule has 1 aromatic rings. The highest BCUT2D eigenvalue weighted by Crippen LogP contribution is 2.34. The molecule has 0 saturated carbocycles. The Bertz CT molecular complexity index is 262. The maximum Gasteiger partial charge on any atom is 0.171 e. The lowest BCUT2D eigenvalue weighted by Gasteiger charge is -1.99. The van der Waals surface area contributed by atoms with Crippen molar-refractivity contribution in [2.75, 3.05) is 5.88 Å². The predicted octanol–water partition coefficient (Wildman–Crippen LogP) is 2.29. The van der Waals surface area contributed by atoms with Crippen molar-refractivity contribution < 1.29 is 9.78 Å². The van der Waals surface area contributed by atoms with Crippen LogP contribution in [0.25, 0.3) is 0 Å². The fourth-order valence-electron chi connectivity index (χ4n) is 1.09. The van der Waals surface area contributed by atoms with E-state index in [1.165, 1.54) is 0 Å². The molecule has 1 unspecified atom stereocenters. The summed E-state index contributed by atoms with van der Waals surface area (Å²) in [6.45, 7) is 0. The molecule has 1 aliphatic rings. The number of fused-ring (bicyclic) bond motifs is 1. The van der Waals surface area contributed by atoms with Crippen molar-refractivity contribution >= 4 is 11.6 Å². The van der Waals surface area contributed by atoms with Crippen LogP contribution >= 0.6 is 11.6 Å². The van der Waals surface area contributed by atoms with Crippen molar-refractivity contribution in [3.05, 3.63) is 29.8 Å². The highest BCUT2D eigenvalue weighted by atomic mass is 35.5. The summed E-state index contributed by atoms with van der Waals surface area (Å²) >= 11 is 5.63. The Morgan fingerprint density at radius 3 is 3.00 bits per heavy atom. The number of para-hydroxylation sites is 1. The van der Waals surface area contributed by atoms with Crippen LogP contribution in [0, 0.1) is 0 Å². The Morgan fingerprint density at radius 2 is 2.18 bits per heavy atom. The minimum absolute atomic E-state index is 0.104. The van der Waals surface area contributed by atoms with Crippen LogP contribution in [-0.4, -0.2) is 5.88 Å². The molecule has 2 nitrogen and oxygen atoms in total. The first-order valence-electron chi connectivity index (χ1n) is 3.40. The number of benzene rings is 1. The minimum Gasteiger partial charge on any atom is -0.336 e. The molecule has 1 aliphatic heterocycles. The van der Waals surface area contributed by atoms with Gasteiger partial charge in [-0.1, -0.05) is 18.2 Å². The maximum absolute atomic E-state index is 5.63. The summed E-state index contributed by atoms with van der Waals surface area (Å²) in [5, 5.41) is 0. The van der Waals surface area contributed by atoms with Crippen molar-refractivity contribution in [2.24, 2.45) is 0 Å². The molecule has 2 rings (SSSR count). The summed E-state index contributed by atoms with van der Waals surface area (Å²) in [5.41, 5.74) is 1.03. The van der Waals surface area contributed by atoms with Crippen molar-refractivity contribution in [3.8, 4) is 5.75 Å². The van der Waals surface area contributed by atoms with Crippen LogP contribution < -0.4 is 4.89 Å². The molecular formula is C8H7ClO2. The number of halogens is 1. The van der Waals surface area contributed by atoms with E-state index in [9.17, 15) is 0 Å². The van der Waals surface area contributed by atoms with Crippen LogP contribution in [-0.2, 0) is 4.89 Å². The number of rotatable bonds is 1. The van der Waals surface area contributed by atoms with Gasteiger partial charge < -0.3 is 4.89 Å². The second-order valence-electron chi connectivity index (χ2n) is 2.36. The molecule has 1 aromatic carbocycles. The monoisotopic (exact) mass is 170 g/mol. The van der Waals surface area contributed by atoms with Gasteiger partial charge in [0, 0.05) is 5.56 Å². The normalized spacial score (nSPS) is 21.0. The lowest BCUT2D eigenvalue weighted by Crippen LogP contribution is -1.97. The molecule has 0 fully saturated rings. The van der Waals surface area contributed by atoms with Gasteiger partial charge in [0.1, 0.15) is 6.10 Å². The average Bonchev–Trinajstić information content (AvgIpc) is 2.47. The van der Waals surface area contributed by atoms with E-state index in [-0.39, 0.29) is 6.10 Å². The first kappa shape index (κ1) is 6.95. The van der Waals surface area contributed by atoms with Crippen LogP contribution in [0.4, 0.5) is 0 Å². The summed E-state index contributed by atoms with van der Waals surface area (Å²) in [6, 6.07) is 7.66. The standard InChI is InChI=1S/C8H7ClO2/c9-5-8-6-3-1-2-4-7(6)10-11-8/h1-4,8H,5H2. The van der Waals surface area contributed by atoms with Crippen LogP contribution in [0.2, 0.25) is 0 Å². The Morgan fingerprint density at radius 1 is 1.36 bits per heavy atom. The van der Waals surface area contributed by atoms with E-state index < -0.39 is 0 Å². The highest BCUT2D eigenvalue weighted by Gasteiger charge is 2.24. The lowest BCUT2D eigenvalue weighted by atomic mass is 10.1. The van der Waals surface area contributed by atoms with E-state index in [1.807, 2.05) is 24.3 Å². The second kappa shape index (κ2) is 2.72. The van der Waals surface area contributed by atoms with Crippen LogP contribution in [0.3, 0.4) is 0 Å². The molecule has 1 atom stereocenters. The van der Waals surface area contributed by atoms with Crippen LogP contribution in [0.15, 0.2) is 24.3 Å². The van der Waals surface area contributed by atoms with Crippen LogP contribution in [0.1, 0.15) is 11.7 Å². The van der Waals surface area contributed by atoms with Crippen molar-refractivity contribution in [3.63, 3.8) is 0 Å². The molecule has 11 heavy (non-hydrogen) atoms. The molecule has 0 N–H and O–H groups in total. The van der Waals surface area contributed by atoms with E-state index in [0.29, 0.717) is 5.88 Å². The van der Waals surface area contributed by atoms with Crippen molar-refractivity contribution in [1.29, 1.82) is 0 Å². The topological polar surface area (TPSA) is 18.5 Å². The molecule has 0 aliphatic carbocycles. The number of alkyl halides is 1. The minimum atomic E-state index is -0.104. The molecule has 1 heterocycles. The molecule has 0 saturated heterocycles. The van der Waals surface area contributed by atoms with Gasteiger partial charge in [-0.3, -0.25) is 0 Å². The summed E-state index contributed by atoms with van der Waals surface area (Å²) < 4.78 is 0. The fraction of sp³-hybridized carbons (Fsp3) is 0.250. The Balaban J connectivity index is 2.39. The quantitative estimate of drug-likeness (QED) is 0.476. The number of hydrogen-bond acceptors (Lipinski definition) is 2. The first-order chi connectivity index (χ1) is 5.42. The molecule has 58 valence electrons. The van der Waals surface area contributed by atoms with Crippen molar-refractivity contribution in [2.45, 2.75) is 6.10 Å². The zero-order chi connectivity index (χ0) is 7.68. The third-order valence-electron chi connectivity index (χ3n) is 1.66. The molecule has 0 spiro atoms.